The molecule has 1 aromatic heterocycles. The van der Waals surface area contributed by atoms with Crippen LogP contribution in [0.5, 0.6) is 0 Å². The van der Waals surface area contributed by atoms with Crippen molar-refractivity contribution in [3.05, 3.63) is 23.7 Å². The van der Waals surface area contributed by atoms with Gasteiger partial charge in [0.25, 0.3) is 0 Å². The normalized spacial score (nSPS) is 17.6. The average Bonchev–Trinajstić information content (AvgIpc) is 2.83. The number of nitrogens with one attached hydrogen (secondary N) is 1. The average molecular weight is 265 g/mol. The van der Waals surface area contributed by atoms with Crippen LogP contribution in [-0.4, -0.2) is 55.0 Å². The highest BCUT2D eigenvalue weighted by molar-refractivity contribution is 5.77. The molecule has 5 nitrogen and oxygen atoms in total. The molecule has 1 fully saturated rings. The van der Waals surface area contributed by atoms with Crippen LogP contribution >= 0.6 is 0 Å². The lowest BCUT2D eigenvalue weighted by Crippen LogP contribution is -2.49. The number of furan rings is 1. The molecule has 19 heavy (non-hydrogen) atoms. The maximum Gasteiger partial charge on any atom is 0.234 e. The summed E-state index contributed by atoms with van der Waals surface area (Å²) in [4.78, 5) is 16.4. The molecule has 0 saturated carbocycles. The van der Waals surface area contributed by atoms with Gasteiger partial charge in [0.2, 0.25) is 5.91 Å². The van der Waals surface area contributed by atoms with E-state index in [2.05, 4.69) is 22.0 Å². The van der Waals surface area contributed by atoms with Gasteiger partial charge >= 0.3 is 0 Å². The predicted molar refractivity (Wildman–Crippen MR) is 73.8 cm³/mol. The number of hydrogen-bond acceptors (Lipinski definition) is 4. The SMILES string of the molecule is CCN1CCN(CC(=O)NCc2ccc(C)o2)CC1. The first-order valence-electron chi connectivity index (χ1n) is 6.94. The lowest BCUT2D eigenvalue weighted by Gasteiger charge is -2.33. The van der Waals surface area contributed by atoms with Crippen molar-refractivity contribution in [2.24, 2.45) is 0 Å². The van der Waals surface area contributed by atoms with Crippen molar-refractivity contribution in [1.82, 2.24) is 15.1 Å². The van der Waals surface area contributed by atoms with Gasteiger partial charge in [-0.3, -0.25) is 9.69 Å². The van der Waals surface area contributed by atoms with Gasteiger partial charge in [0.05, 0.1) is 13.1 Å². The summed E-state index contributed by atoms with van der Waals surface area (Å²) in [6, 6.07) is 3.81. The third kappa shape index (κ3) is 4.36. The fourth-order valence-corrected chi connectivity index (χ4v) is 2.29. The molecule has 0 aliphatic carbocycles. The van der Waals surface area contributed by atoms with Crippen molar-refractivity contribution in [2.45, 2.75) is 20.4 Å². The maximum atomic E-state index is 11.8. The highest BCUT2D eigenvalue weighted by Gasteiger charge is 2.17. The molecule has 0 spiro atoms. The van der Waals surface area contributed by atoms with Gasteiger partial charge in [-0.15, -0.1) is 0 Å². The Morgan fingerprint density at radius 1 is 1.26 bits per heavy atom. The van der Waals surface area contributed by atoms with Crippen molar-refractivity contribution in [3.63, 3.8) is 0 Å². The first-order valence-corrected chi connectivity index (χ1v) is 6.94. The Morgan fingerprint density at radius 2 is 1.95 bits per heavy atom. The number of amides is 1. The van der Waals surface area contributed by atoms with Crippen LogP contribution in [0, 0.1) is 6.92 Å². The molecule has 5 heteroatoms. The minimum atomic E-state index is 0.0685. The van der Waals surface area contributed by atoms with Crippen molar-refractivity contribution in [2.75, 3.05) is 39.3 Å². The minimum Gasteiger partial charge on any atom is -0.465 e. The van der Waals surface area contributed by atoms with Crippen molar-refractivity contribution in [3.8, 4) is 0 Å². The van der Waals surface area contributed by atoms with Crippen molar-refractivity contribution < 1.29 is 9.21 Å². The Kier molecular flexibility index (Phi) is 4.99. The van der Waals surface area contributed by atoms with Gasteiger partial charge < -0.3 is 14.6 Å². The van der Waals surface area contributed by atoms with Gasteiger partial charge in [0.15, 0.2) is 0 Å². The third-order valence-corrected chi connectivity index (χ3v) is 3.54. The first kappa shape index (κ1) is 14.1. The number of aryl methyl sites for hydroxylation is 1. The summed E-state index contributed by atoms with van der Waals surface area (Å²) in [7, 11) is 0. The molecule has 1 aromatic rings. The summed E-state index contributed by atoms with van der Waals surface area (Å²) >= 11 is 0. The molecule has 1 amide bonds. The molecule has 0 aromatic carbocycles. The third-order valence-electron chi connectivity index (χ3n) is 3.54. The zero-order valence-corrected chi connectivity index (χ0v) is 11.8. The minimum absolute atomic E-state index is 0.0685. The van der Waals surface area contributed by atoms with Crippen LogP contribution in [0.2, 0.25) is 0 Å². The molecule has 2 rings (SSSR count). The summed E-state index contributed by atoms with van der Waals surface area (Å²) in [6.45, 7) is 10.2. The molecule has 1 saturated heterocycles. The lowest BCUT2D eigenvalue weighted by atomic mass is 10.3. The topological polar surface area (TPSA) is 48.7 Å². The van der Waals surface area contributed by atoms with E-state index in [0.717, 1.165) is 44.2 Å². The van der Waals surface area contributed by atoms with Crippen LogP contribution in [0.25, 0.3) is 0 Å². The molecular formula is C14H23N3O2. The van der Waals surface area contributed by atoms with Gasteiger partial charge in [-0.2, -0.15) is 0 Å². The summed E-state index contributed by atoms with van der Waals surface area (Å²) < 4.78 is 5.42. The van der Waals surface area contributed by atoms with E-state index in [-0.39, 0.29) is 5.91 Å². The Bertz CT molecular complexity index is 409. The molecule has 0 atom stereocenters. The van der Waals surface area contributed by atoms with Crippen molar-refractivity contribution >= 4 is 5.91 Å². The van der Waals surface area contributed by atoms with Crippen LogP contribution < -0.4 is 5.32 Å². The Hall–Kier alpha value is -1.33. The Labute approximate surface area is 114 Å². The molecule has 2 heterocycles. The second kappa shape index (κ2) is 6.73. The highest BCUT2D eigenvalue weighted by atomic mass is 16.3. The monoisotopic (exact) mass is 265 g/mol. The first-order chi connectivity index (χ1) is 9.17. The number of piperazine rings is 1. The van der Waals surface area contributed by atoms with Gasteiger partial charge in [-0.1, -0.05) is 6.92 Å². The quantitative estimate of drug-likeness (QED) is 0.857. The summed E-state index contributed by atoms with van der Waals surface area (Å²) in [5, 5.41) is 2.90. The number of carbonyl (C=O) groups excluding carboxylic acids is 1. The largest absolute Gasteiger partial charge is 0.465 e. The number of rotatable bonds is 5. The smallest absolute Gasteiger partial charge is 0.234 e. The standard InChI is InChI=1S/C14H23N3O2/c1-3-16-6-8-17(9-7-16)11-14(18)15-10-13-5-4-12(2)19-13/h4-5H,3,6-11H2,1-2H3,(H,15,18). The van der Waals surface area contributed by atoms with Gasteiger partial charge in [-0.25, -0.2) is 0 Å². The van der Waals surface area contributed by atoms with E-state index in [1.165, 1.54) is 0 Å². The summed E-state index contributed by atoms with van der Waals surface area (Å²) in [6.07, 6.45) is 0. The van der Waals surface area contributed by atoms with E-state index in [9.17, 15) is 4.79 Å². The summed E-state index contributed by atoms with van der Waals surface area (Å²) in [5.41, 5.74) is 0. The molecular weight excluding hydrogens is 242 g/mol. The molecule has 1 N–H and O–H groups in total. The number of nitrogens with zero attached hydrogens (tertiary/aromatic N) is 2. The van der Waals surface area contributed by atoms with E-state index in [0.29, 0.717) is 13.1 Å². The van der Waals surface area contributed by atoms with Crippen LogP contribution in [0.15, 0.2) is 16.5 Å². The fraction of sp³-hybridized carbons (Fsp3) is 0.643. The molecule has 0 bridgehead atoms. The number of likely N-dealkylation sites (N-methyl/N-ethyl adjacent to an activating group) is 1. The molecule has 0 radical (unpaired) electrons. The number of hydrogen-bond donors (Lipinski definition) is 1. The van der Waals surface area contributed by atoms with E-state index in [1.807, 2.05) is 19.1 Å². The maximum absolute atomic E-state index is 11.8. The van der Waals surface area contributed by atoms with Crippen LogP contribution in [-0.2, 0) is 11.3 Å². The van der Waals surface area contributed by atoms with E-state index in [4.69, 9.17) is 4.42 Å². The van der Waals surface area contributed by atoms with Crippen LogP contribution in [0.1, 0.15) is 18.4 Å². The fourth-order valence-electron chi connectivity index (χ4n) is 2.29. The second-order valence-electron chi connectivity index (χ2n) is 5.00. The highest BCUT2D eigenvalue weighted by Crippen LogP contribution is 2.05. The zero-order chi connectivity index (χ0) is 13.7. The van der Waals surface area contributed by atoms with Gasteiger partial charge in [0.1, 0.15) is 11.5 Å². The molecule has 106 valence electrons. The van der Waals surface area contributed by atoms with Crippen molar-refractivity contribution in [1.29, 1.82) is 0 Å². The Morgan fingerprint density at radius 3 is 2.53 bits per heavy atom. The van der Waals surface area contributed by atoms with Gasteiger partial charge in [-0.05, 0) is 25.6 Å². The molecule has 1 aliphatic heterocycles. The Balaban J connectivity index is 1.67. The molecule has 1 aliphatic rings. The van der Waals surface area contributed by atoms with E-state index >= 15 is 0 Å². The summed E-state index contributed by atoms with van der Waals surface area (Å²) in [5.74, 6) is 1.75. The van der Waals surface area contributed by atoms with Gasteiger partial charge in [0, 0.05) is 26.2 Å². The zero-order valence-electron chi connectivity index (χ0n) is 11.8. The number of carbonyl (C=O) groups is 1. The van der Waals surface area contributed by atoms with E-state index < -0.39 is 0 Å². The van der Waals surface area contributed by atoms with E-state index in [1.54, 1.807) is 0 Å². The van der Waals surface area contributed by atoms with Crippen LogP contribution in [0.4, 0.5) is 0 Å². The van der Waals surface area contributed by atoms with Crippen LogP contribution in [0.3, 0.4) is 0 Å². The lowest BCUT2D eigenvalue weighted by molar-refractivity contribution is -0.122. The predicted octanol–water partition coefficient (Wildman–Crippen LogP) is 0.842. The molecule has 0 unspecified atom stereocenters. The second-order valence-corrected chi connectivity index (χ2v) is 5.00.